The highest BCUT2D eigenvalue weighted by atomic mass is 19.1. The van der Waals surface area contributed by atoms with Gasteiger partial charge in [-0.1, -0.05) is 24.3 Å². The Bertz CT molecular complexity index is 1000. The summed E-state index contributed by atoms with van der Waals surface area (Å²) in [6.45, 7) is -0.215. The van der Waals surface area contributed by atoms with E-state index < -0.39 is 17.7 Å². The molecule has 1 N–H and O–H groups in total. The van der Waals surface area contributed by atoms with E-state index >= 15 is 0 Å². The normalized spacial score (nSPS) is 15.7. The topological polar surface area (TPSA) is 94.3 Å². The number of rotatable bonds is 4. The van der Waals surface area contributed by atoms with Gasteiger partial charge < -0.3 is 14.5 Å². The molecular weight excluding hydrogens is 353 g/mol. The lowest BCUT2D eigenvalue weighted by Crippen LogP contribution is -2.28. The summed E-state index contributed by atoms with van der Waals surface area (Å²) in [5.74, 6) is -1.84. The zero-order valence-corrected chi connectivity index (χ0v) is 14.0. The predicted molar refractivity (Wildman–Crippen MR) is 91.9 cm³/mol. The van der Waals surface area contributed by atoms with E-state index in [1.54, 1.807) is 0 Å². The summed E-state index contributed by atoms with van der Waals surface area (Å²) < 4.78 is 24.1. The molecule has 8 heteroatoms. The van der Waals surface area contributed by atoms with Gasteiger partial charge in [-0.25, -0.2) is 4.39 Å². The van der Waals surface area contributed by atoms with E-state index in [0.29, 0.717) is 11.5 Å². The highest BCUT2D eigenvalue weighted by molar-refractivity contribution is 5.99. The summed E-state index contributed by atoms with van der Waals surface area (Å²) in [4.78, 5) is 24.3. The minimum Gasteiger partial charge on any atom is -0.455 e. The predicted octanol–water partition coefficient (Wildman–Crippen LogP) is 3.04. The summed E-state index contributed by atoms with van der Waals surface area (Å²) in [6, 6.07) is 13.1. The maximum atomic E-state index is 13.4. The second kappa shape index (κ2) is 6.99. The second-order valence-electron chi connectivity index (χ2n) is 6.01. The van der Waals surface area contributed by atoms with Gasteiger partial charge in [0, 0.05) is 17.7 Å². The molecular formula is C19H14FN3O4. The number of benzene rings is 2. The van der Waals surface area contributed by atoms with Gasteiger partial charge in [0.25, 0.3) is 5.89 Å². The molecule has 0 aliphatic carbocycles. The van der Waals surface area contributed by atoms with Gasteiger partial charge in [0.15, 0.2) is 6.61 Å². The van der Waals surface area contributed by atoms with Crippen molar-refractivity contribution in [3.8, 4) is 11.5 Å². The van der Waals surface area contributed by atoms with Crippen molar-refractivity contribution in [3.63, 3.8) is 0 Å². The lowest BCUT2D eigenvalue weighted by molar-refractivity contribution is -0.148. The minimum absolute atomic E-state index is 0.0729. The van der Waals surface area contributed by atoms with Crippen molar-refractivity contribution in [3.05, 3.63) is 65.8 Å². The zero-order valence-electron chi connectivity index (χ0n) is 14.0. The van der Waals surface area contributed by atoms with Gasteiger partial charge >= 0.3 is 5.97 Å². The Morgan fingerprint density at radius 3 is 2.85 bits per heavy atom. The van der Waals surface area contributed by atoms with Crippen molar-refractivity contribution in [2.24, 2.45) is 0 Å². The van der Waals surface area contributed by atoms with Crippen molar-refractivity contribution in [1.29, 1.82) is 0 Å². The monoisotopic (exact) mass is 367 g/mol. The van der Waals surface area contributed by atoms with E-state index in [0.717, 1.165) is 5.56 Å². The van der Waals surface area contributed by atoms with Crippen LogP contribution in [0.2, 0.25) is 0 Å². The molecule has 1 atom stereocenters. The highest BCUT2D eigenvalue weighted by Gasteiger charge is 2.32. The molecule has 4 rings (SSSR count). The molecule has 136 valence electrons. The number of aromatic nitrogens is 2. The lowest BCUT2D eigenvalue weighted by atomic mass is 9.90. The van der Waals surface area contributed by atoms with Crippen LogP contribution >= 0.6 is 0 Å². The highest BCUT2D eigenvalue weighted by Crippen LogP contribution is 2.33. The molecule has 1 aliphatic heterocycles. The molecule has 0 fully saturated rings. The fourth-order valence-electron chi connectivity index (χ4n) is 2.89. The van der Waals surface area contributed by atoms with Crippen LogP contribution in [0.1, 0.15) is 23.8 Å². The SMILES string of the molecule is O=C1C[C@H](C(=O)OCc2nnc(-c3ccccc3)o2)c2ccc(F)cc2N1. The van der Waals surface area contributed by atoms with Crippen molar-refractivity contribution in [2.75, 3.05) is 5.32 Å². The largest absolute Gasteiger partial charge is 0.455 e. The van der Waals surface area contributed by atoms with Crippen LogP contribution in [-0.4, -0.2) is 22.1 Å². The van der Waals surface area contributed by atoms with Crippen molar-refractivity contribution < 1.29 is 23.1 Å². The van der Waals surface area contributed by atoms with E-state index in [4.69, 9.17) is 9.15 Å². The second-order valence-corrected chi connectivity index (χ2v) is 6.01. The Morgan fingerprint density at radius 2 is 2.04 bits per heavy atom. The van der Waals surface area contributed by atoms with Crippen LogP contribution in [-0.2, 0) is 20.9 Å². The molecule has 0 saturated carbocycles. The van der Waals surface area contributed by atoms with Gasteiger partial charge in [0.2, 0.25) is 11.8 Å². The number of halogens is 1. The average Bonchev–Trinajstić information content (AvgIpc) is 3.15. The Labute approximate surface area is 153 Å². The molecule has 7 nitrogen and oxygen atoms in total. The number of ether oxygens (including phenoxy) is 1. The molecule has 3 aromatic rings. The van der Waals surface area contributed by atoms with E-state index in [9.17, 15) is 14.0 Å². The van der Waals surface area contributed by atoms with E-state index in [1.807, 2.05) is 30.3 Å². The van der Waals surface area contributed by atoms with Gasteiger partial charge in [0.05, 0.1) is 5.92 Å². The quantitative estimate of drug-likeness (QED) is 0.712. The lowest BCUT2D eigenvalue weighted by Gasteiger charge is -2.23. The Morgan fingerprint density at radius 1 is 1.22 bits per heavy atom. The van der Waals surface area contributed by atoms with Crippen LogP contribution in [0.3, 0.4) is 0 Å². The summed E-state index contributed by atoms with van der Waals surface area (Å²) in [5.41, 5.74) is 1.54. The molecule has 0 unspecified atom stereocenters. The average molecular weight is 367 g/mol. The molecule has 0 spiro atoms. The van der Waals surface area contributed by atoms with Crippen LogP contribution in [0.5, 0.6) is 0 Å². The Kier molecular flexibility index (Phi) is 4.37. The first-order valence-electron chi connectivity index (χ1n) is 8.24. The van der Waals surface area contributed by atoms with Crippen LogP contribution in [0.15, 0.2) is 52.9 Å². The molecule has 1 amide bonds. The van der Waals surface area contributed by atoms with E-state index in [1.165, 1.54) is 18.2 Å². The maximum Gasteiger partial charge on any atom is 0.314 e. The number of hydrogen-bond acceptors (Lipinski definition) is 6. The fraction of sp³-hybridized carbons (Fsp3) is 0.158. The van der Waals surface area contributed by atoms with Gasteiger partial charge in [-0.3, -0.25) is 9.59 Å². The molecule has 0 saturated heterocycles. The van der Waals surface area contributed by atoms with Crippen molar-refractivity contribution in [1.82, 2.24) is 10.2 Å². The molecule has 1 aromatic heterocycles. The third-order valence-electron chi connectivity index (χ3n) is 4.16. The summed E-state index contributed by atoms with van der Waals surface area (Å²) in [7, 11) is 0. The third-order valence-corrected chi connectivity index (χ3v) is 4.16. The number of nitrogens with one attached hydrogen (secondary N) is 1. The Hall–Kier alpha value is -3.55. The molecule has 0 bridgehead atoms. The fourth-order valence-corrected chi connectivity index (χ4v) is 2.89. The minimum atomic E-state index is -0.814. The number of carbonyl (C=O) groups is 2. The third kappa shape index (κ3) is 3.55. The summed E-state index contributed by atoms with van der Waals surface area (Å²) in [6.07, 6.45) is -0.0729. The summed E-state index contributed by atoms with van der Waals surface area (Å²) in [5, 5.41) is 10.3. The van der Waals surface area contributed by atoms with Crippen LogP contribution in [0, 0.1) is 5.82 Å². The molecule has 2 heterocycles. The van der Waals surface area contributed by atoms with Crippen LogP contribution in [0.4, 0.5) is 10.1 Å². The summed E-state index contributed by atoms with van der Waals surface area (Å²) >= 11 is 0. The van der Waals surface area contributed by atoms with Gasteiger partial charge in [-0.15, -0.1) is 10.2 Å². The van der Waals surface area contributed by atoms with Gasteiger partial charge in [-0.05, 0) is 29.8 Å². The number of amides is 1. The van der Waals surface area contributed by atoms with Crippen LogP contribution in [0.25, 0.3) is 11.5 Å². The molecule has 0 radical (unpaired) electrons. The number of anilines is 1. The van der Waals surface area contributed by atoms with Gasteiger partial charge in [-0.2, -0.15) is 0 Å². The standard InChI is InChI=1S/C19H14FN3O4/c20-12-6-7-13-14(9-16(24)21-15(13)8-12)19(25)26-10-17-22-23-18(27-17)11-4-2-1-3-5-11/h1-8,14H,9-10H2,(H,21,24)/t14-/m0/s1. The first-order chi connectivity index (χ1) is 13.1. The molecule has 27 heavy (non-hydrogen) atoms. The molecule has 1 aliphatic rings. The molecule has 2 aromatic carbocycles. The number of hydrogen-bond donors (Lipinski definition) is 1. The number of carbonyl (C=O) groups excluding carboxylic acids is 2. The van der Waals surface area contributed by atoms with Crippen molar-refractivity contribution >= 4 is 17.6 Å². The zero-order chi connectivity index (χ0) is 18.8. The smallest absolute Gasteiger partial charge is 0.314 e. The van der Waals surface area contributed by atoms with Crippen molar-refractivity contribution in [2.45, 2.75) is 18.9 Å². The van der Waals surface area contributed by atoms with E-state index in [2.05, 4.69) is 15.5 Å². The van der Waals surface area contributed by atoms with Gasteiger partial charge in [0.1, 0.15) is 5.82 Å². The first kappa shape index (κ1) is 16.9. The first-order valence-corrected chi connectivity index (χ1v) is 8.24. The number of nitrogens with zero attached hydrogens (tertiary/aromatic N) is 2. The van der Waals surface area contributed by atoms with E-state index in [-0.39, 0.29) is 30.5 Å². The Balaban J connectivity index is 1.46. The van der Waals surface area contributed by atoms with Crippen LogP contribution < -0.4 is 5.32 Å². The number of fused-ring (bicyclic) bond motifs is 1. The number of esters is 1. The maximum absolute atomic E-state index is 13.4.